The number of hydrogen-bond acceptors (Lipinski definition) is 4. The molecule has 2 saturated heterocycles. The van der Waals surface area contributed by atoms with Crippen molar-refractivity contribution in [1.29, 1.82) is 0 Å². The molecule has 1 N–H and O–H groups in total. The highest BCUT2D eigenvalue weighted by Gasteiger charge is 2.55. The Morgan fingerprint density at radius 2 is 1.92 bits per heavy atom. The molecule has 6 nitrogen and oxygen atoms in total. The zero-order valence-corrected chi connectivity index (χ0v) is 15.7. The second kappa shape index (κ2) is 6.23. The van der Waals surface area contributed by atoms with Crippen molar-refractivity contribution in [2.45, 2.75) is 57.7 Å². The molecule has 4 fully saturated rings. The minimum absolute atomic E-state index is 0.0737. The van der Waals surface area contributed by atoms with E-state index in [1.165, 1.54) is 12.8 Å². The molecule has 0 aromatic carbocycles. The number of morpholine rings is 1. The molecule has 4 rings (SSSR count). The van der Waals surface area contributed by atoms with Crippen LogP contribution >= 0.6 is 0 Å². The Balaban J connectivity index is 1.37. The van der Waals surface area contributed by atoms with Gasteiger partial charge in [-0.3, -0.25) is 14.5 Å². The van der Waals surface area contributed by atoms with Gasteiger partial charge in [-0.15, -0.1) is 0 Å². The molecule has 2 amide bonds. The van der Waals surface area contributed by atoms with Crippen molar-refractivity contribution in [3.05, 3.63) is 0 Å². The summed E-state index contributed by atoms with van der Waals surface area (Å²) in [4.78, 5) is 29.2. The number of carbonyl (C=O) groups is 2. The Bertz CT molecular complexity index is 554. The Morgan fingerprint density at radius 1 is 1.24 bits per heavy atom. The average molecular weight is 349 g/mol. The molecule has 0 aromatic heterocycles. The van der Waals surface area contributed by atoms with Gasteiger partial charge in [-0.05, 0) is 44.9 Å². The summed E-state index contributed by atoms with van der Waals surface area (Å²) in [6.07, 6.45) is 3.58. The fourth-order valence-corrected chi connectivity index (χ4v) is 4.23. The van der Waals surface area contributed by atoms with E-state index in [0.29, 0.717) is 31.5 Å². The monoisotopic (exact) mass is 349 g/mol. The SMILES string of the molecule is CC(C)NC(=O)[C@@H]1COC2(CN(C(=O)[C@@H]3C[C@H]3C)C2)CN1CC1CC1. The van der Waals surface area contributed by atoms with Crippen LogP contribution in [0.1, 0.15) is 40.0 Å². The lowest BCUT2D eigenvalue weighted by Gasteiger charge is -2.55. The smallest absolute Gasteiger partial charge is 0.239 e. The molecule has 6 heteroatoms. The molecule has 2 heterocycles. The summed E-state index contributed by atoms with van der Waals surface area (Å²) in [5, 5.41) is 3.03. The minimum atomic E-state index is -0.253. The summed E-state index contributed by atoms with van der Waals surface area (Å²) in [6.45, 7) is 9.69. The molecular weight excluding hydrogens is 318 g/mol. The van der Waals surface area contributed by atoms with Crippen LogP contribution in [0.25, 0.3) is 0 Å². The molecule has 25 heavy (non-hydrogen) atoms. The summed E-state index contributed by atoms with van der Waals surface area (Å²) < 4.78 is 6.16. The third-order valence-electron chi connectivity index (χ3n) is 6.10. The van der Waals surface area contributed by atoms with Gasteiger partial charge in [0.1, 0.15) is 11.6 Å². The van der Waals surface area contributed by atoms with Gasteiger partial charge >= 0.3 is 0 Å². The highest BCUT2D eigenvalue weighted by molar-refractivity contribution is 5.83. The Hall–Kier alpha value is -1.14. The maximum Gasteiger partial charge on any atom is 0.239 e. The van der Waals surface area contributed by atoms with Crippen LogP contribution < -0.4 is 5.32 Å². The van der Waals surface area contributed by atoms with Gasteiger partial charge in [-0.1, -0.05) is 6.92 Å². The van der Waals surface area contributed by atoms with Crippen molar-refractivity contribution in [3.8, 4) is 0 Å². The molecule has 140 valence electrons. The van der Waals surface area contributed by atoms with Crippen molar-refractivity contribution in [2.24, 2.45) is 17.8 Å². The van der Waals surface area contributed by atoms with E-state index in [9.17, 15) is 9.59 Å². The molecule has 0 bridgehead atoms. The first-order chi connectivity index (χ1) is 11.9. The van der Waals surface area contributed by atoms with Crippen LogP contribution in [0.3, 0.4) is 0 Å². The predicted octanol–water partition coefficient (Wildman–Crippen LogP) is 0.859. The summed E-state index contributed by atoms with van der Waals surface area (Å²) in [6, 6.07) is -0.0506. The van der Waals surface area contributed by atoms with E-state index in [4.69, 9.17) is 4.74 Å². The third-order valence-corrected chi connectivity index (χ3v) is 6.10. The highest BCUT2D eigenvalue weighted by Crippen LogP contribution is 2.42. The molecule has 2 aliphatic carbocycles. The van der Waals surface area contributed by atoms with Crippen molar-refractivity contribution >= 4 is 11.8 Å². The van der Waals surface area contributed by atoms with Crippen LogP contribution in [0.5, 0.6) is 0 Å². The van der Waals surface area contributed by atoms with Crippen molar-refractivity contribution < 1.29 is 14.3 Å². The number of carbonyl (C=O) groups excluding carboxylic acids is 2. The van der Waals surface area contributed by atoms with E-state index in [1.54, 1.807) is 0 Å². The van der Waals surface area contributed by atoms with Crippen LogP contribution in [-0.2, 0) is 14.3 Å². The van der Waals surface area contributed by atoms with Crippen LogP contribution in [0, 0.1) is 17.8 Å². The third kappa shape index (κ3) is 3.56. The largest absolute Gasteiger partial charge is 0.368 e. The Morgan fingerprint density at radius 3 is 2.48 bits per heavy atom. The fraction of sp³-hybridized carbons (Fsp3) is 0.895. The molecule has 0 aromatic rings. The zero-order valence-electron chi connectivity index (χ0n) is 15.7. The van der Waals surface area contributed by atoms with Crippen molar-refractivity contribution in [3.63, 3.8) is 0 Å². The molecular formula is C19H31N3O3. The van der Waals surface area contributed by atoms with Gasteiger partial charge < -0.3 is 15.0 Å². The molecule has 0 radical (unpaired) electrons. The second-order valence-electron chi connectivity index (χ2n) is 9.06. The first-order valence-corrected chi connectivity index (χ1v) is 9.84. The van der Waals surface area contributed by atoms with Gasteiger partial charge in [-0.25, -0.2) is 0 Å². The molecule has 4 aliphatic rings. The summed E-state index contributed by atoms with van der Waals surface area (Å²) in [5.74, 6) is 1.90. The molecule has 2 saturated carbocycles. The quantitative estimate of drug-likeness (QED) is 0.800. The molecule has 3 atom stereocenters. The molecule has 1 spiro atoms. The van der Waals surface area contributed by atoms with Gasteiger partial charge in [0.25, 0.3) is 0 Å². The first kappa shape index (κ1) is 17.3. The van der Waals surface area contributed by atoms with Crippen LogP contribution in [-0.4, -0.2) is 72.1 Å². The lowest BCUT2D eigenvalue weighted by Crippen LogP contribution is -2.74. The number of amides is 2. The van der Waals surface area contributed by atoms with Crippen LogP contribution in [0.4, 0.5) is 0 Å². The fourth-order valence-electron chi connectivity index (χ4n) is 4.23. The number of hydrogen-bond donors (Lipinski definition) is 1. The van der Waals surface area contributed by atoms with Crippen LogP contribution in [0.15, 0.2) is 0 Å². The lowest BCUT2D eigenvalue weighted by molar-refractivity contribution is -0.205. The minimum Gasteiger partial charge on any atom is -0.368 e. The number of nitrogens with one attached hydrogen (secondary N) is 1. The first-order valence-electron chi connectivity index (χ1n) is 9.84. The predicted molar refractivity (Wildman–Crippen MR) is 93.9 cm³/mol. The summed E-state index contributed by atoms with van der Waals surface area (Å²) in [7, 11) is 0. The van der Waals surface area contributed by atoms with Crippen molar-refractivity contribution in [1.82, 2.24) is 15.1 Å². The van der Waals surface area contributed by atoms with Crippen molar-refractivity contribution in [2.75, 3.05) is 32.8 Å². The number of rotatable bonds is 5. The molecule has 2 aliphatic heterocycles. The zero-order chi connectivity index (χ0) is 17.8. The lowest BCUT2D eigenvalue weighted by atomic mass is 9.89. The highest BCUT2D eigenvalue weighted by atomic mass is 16.5. The van der Waals surface area contributed by atoms with E-state index < -0.39 is 0 Å². The number of likely N-dealkylation sites (tertiary alicyclic amines) is 1. The van der Waals surface area contributed by atoms with Gasteiger partial charge in [-0.2, -0.15) is 0 Å². The topological polar surface area (TPSA) is 61.9 Å². The Kier molecular flexibility index (Phi) is 4.31. The number of ether oxygens (including phenoxy) is 1. The van der Waals surface area contributed by atoms with E-state index in [-0.39, 0.29) is 29.5 Å². The van der Waals surface area contributed by atoms with Gasteiger partial charge in [0.15, 0.2) is 0 Å². The van der Waals surface area contributed by atoms with Gasteiger partial charge in [0, 0.05) is 25.0 Å². The van der Waals surface area contributed by atoms with Gasteiger partial charge in [0.05, 0.1) is 19.7 Å². The molecule has 0 unspecified atom stereocenters. The van der Waals surface area contributed by atoms with E-state index in [0.717, 1.165) is 25.4 Å². The van der Waals surface area contributed by atoms with Gasteiger partial charge in [0.2, 0.25) is 11.8 Å². The number of nitrogens with zero attached hydrogens (tertiary/aromatic N) is 2. The van der Waals surface area contributed by atoms with E-state index in [1.807, 2.05) is 18.7 Å². The van der Waals surface area contributed by atoms with E-state index >= 15 is 0 Å². The van der Waals surface area contributed by atoms with E-state index in [2.05, 4.69) is 17.1 Å². The normalized spacial score (nSPS) is 34.1. The maximum atomic E-state index is 12.5. The summed E-state index contributed by atoms with van der Waals surface area (Å²) in [5.41, 5.74) is -0.253. The van der Waals surface area contributed by atoms with Crippen LogP contribution in [0.2, 0.25) is 0 Å². The second-order valence-corrected chi connectivity index (χ2v) is 9.06. The standard InChI is InChI=1S/C19H31N3O3/c1-12(2)20-17(23)16-8-25-19(9-21(16)7-14-4-5-14)10-22(11-19)18(24)15-6-13(15)3/h12-16H,4-11H2,1-3H3,(H,20,23)/t13-,15-,16+/m1/s1. The summed E-state index contributed by atoms with van der Waals surface area (Å²) >= 11 is 0. The average Bonchev–Trinajstić information content (AvgIpc) is 3.41. The maximum absolute atomic E-state index is 12.5. The Labute approximate surface area is 150 Å².